The molecule has 1 fully saturated rings. The molecule has 126 valence electrons. The van der Waals surface area contributed by atoms with Crippen molar-refractivity contribution in [1.29, 1.82) is 0 Å². The SMILES string of the molecule is CC(C)(C)OC(=O)N[C@]1(c2ccccc2Cl)CCC[C@H](O)C1=O. The van der Waals surface area contributed by atoms with Gasteiger partial charge in [0.1, 0.15) is 17.2 Å². The summed E-state index contributed by atoms with van der Waals surface area (Å²) in [4.78, 5) is 25.0. The van der Waals surface area contributed by atoms with Crippen LogP contribution in [-0.2, 0) is 15.1 Å². The molecule has 0 bridgehead atoms. The summed E-state index contributed by atoms with van der Waals surface area (Å²) >= 11 is 6.25. The molecular weight excluding hydrogens is 318 g/mol. The first kappa shape index (κ1) is 17.8. The molecule has 0 unspecified atom stereocenters. The van der Waals surface area contributed by atoms with Crippen LogP contribution in [0.1, 0.15) is 45.6 Å². The van der Waals surface area contributed by atoms with E-state index in [1.54, 1.807) is 45.0 Å². The van der Waals surface area contributed by atoms with Crippen molar-refractivity contribution in [3.05, 3.63) is 34.9 Å². The molecule has 1 aromatic rings. The Morgan fingerprint density at radius 2 is 2.04 bits per heavy atom. The summed E-state index contributed by atoms with van der Waals surface area (Å²) < 4.78 is 5.28. The number of benzene rings is 1. The van der Waals surface area contributed by atoms with Gasteiger partial charge in [-0.25, -0.2) is 4.79 Å². The van der Waals surface area contributed by atoms with Gasteiger partial charge in [0.25, 0.3) is 0 Å². The van der Waals surface area contributed by atoms with E-state index in [1.807, 2.05) is 0 Å². The van der Waals surface area contributed by atoms with E-state index < -0.39 is 29.1 Å². The third-order valence-corrected chi connectivity index (χ3v) is 4.13. The van der Waals surface area contributed by atoms with Crippen molar-refractivity contribution in [2.24, 2.45) is 0 Å². The Morgan fingerprint density at radius 1 is 1.39 bits per heavy atom. The number of carbonyl (C=O) groups excluding carboxylic acids is 2. The number of ether oxygens (including phenoxy) is 1. The Labute approximate surface area is 141 Å². The average Bonchev–Trinajstić information content (AvgIpc) is 2.42. The first-order chi connectivity index (χ1) is 10.7. The zero-order chi connectivity index (χ0) is 17.3. The highest BCUT2D eigenvalue weighted by Crippen LogP contribution is 2.38. The number of carbonyl (C=O) groups is 2. The summed E-state index contributed by atoms with van der Waals surface area (Å²) in [6.07, 6.45) is -0.504. The molecule has 1 amide bonds. The number of hydrogen-bond donors (Lipinski definition) is 2. The molecule has 0 spiro atoms. The molecular formula is C17H22ClNO4. The number of Topliss-reactive ketones (excluding diaryl/α,β-unsaturated/α-hetero) is 1. The molecule has 5 nitrogen and oxygen atoms in total. The van der Waals surface area contributed by atoms with Gasteiger partial charge in [0.05, 0.1) is 0 Å². The fraction of sp³-hybridized carbons (Fsp3) is 0.529. The van der Waals surface area contributed by atoms with Crippen LogP contribution in [0.2, 0.25) is 5.02 Å². The second-order valence-electron chi connectivity index (χ2n) is 6.78. The number of nitrogens with one attached hydrogen (secondary N) is 1. The van der Waals surface area contributed by atoms with Crippen LogP contribution in [0.25, 0.3) is 0 Å². The molecule has 2 rings (SSSR count). The van der Waals surface area contributed by atoms with Crippen LogP contribution in [0.4, 0.5) is 4.79 Å². The summed E-state index contributed by atoms with van der Waals surface area (Å²) in [5, 5.41) is 13.1. The van der Waals surface area contributed by atoms with Crippen molar-refractivity contribution in [3.8, 4) is 0 Å². The van der Waals surface area contributed by atoms with E-state index in [0.717, 1.165) is 0 Å². The summed E-state index contributed by atoms with van der Waals surface area (Å²) in [7, 11) is 0. The average molecular weight is 340 g/mol. The second kappa shape index (κ2) is 6.49. The van der Waals surface area contributed by atoms with E-state index in [1.165, 1.54) is 0 Å². The zero-order valence-corrected chi connectivity index (χ0v) is 14.3. The van der Waals surface area contributed by atoms with Gasteiger partial charge in [-0.15, -0.1) is 0 Å². The van der Waals surface area contributed by atoms with Crippen molar-refractivity contribution in [1.82, 2.24) is 5.32 Å². The largest absolute Gasteiger partial charge is 0.444 e. The van der Waals surface area contributed by atoms with Gasteiger partial charge in [0.2, 0.25) is 0 Å². The van der Waals surface area contributed by atoms with E-state index in [2.05, 4.69) is 5.32 Å². The van der Waals surface area contributed by atoms with Crippen LogP contribution in [0, 0.1) is 0 Å². The lowest BCUT2D eigenvalue weighted by Gasteiger charge is -2.39. The number of amides is 1. The van der Waals surface area contributed by atoms with Crippen LogP contribution in [-0.4, -0.2) is 28.7 Å². The van der Waals surface area contributed by atoms with Crippen LogP contribution in [0.15, 0.2) is 24.3 Å². The van der Waals surface area contributed by atoms with Crippen LogP contribution in [0.5, 0.6) is 0 Å². The Morgan fingerprint density at radius 3 is 2.65 bits per heavy atom. The minimum Gasteiger partial charge on any atom is -0.444 e. The van der Waals surface area contributed by atoms with Crippen molar-refractivity contribution in [2.75, 3.05) is 0 Å². The first-order valence-electron chi connectivity index (χ1n) is 7.64. The summed E-state index contributed by atoms with van der Waals surface area (Å²) in [5.74, 6) is -0.456. The molecule has 0 radical (unpaired) electrons. The molecule has 1 saturated carbocycles. The van der Waals surface area contributed by atoms with Gasteiger partial charge in [-0.05, 0) is 46.1 Å². The lowest BCUT2D eigenvalue weighted by Crippen LogP contribution is -2.58. The molecule has 6 heteroatoms. The van der Waals surface area contributed by atoms with E-state index in [9.17, 15) is 14.7 Å². The second-order valence-corrected chi connectivity index (χ2v) is 7.19. The summed E-state index contributed by atoms with van der Waals surface area (Å²) in [6, 6.07) is 6.84. The quantitative estimate of drug-likeness (QED) is 0.867. The zero-order valence-electron chi connectivity index (χ0n) is 13.6. The predicted molar refractivity (Wildman–Crippen MR) is 87.4 cm³/mol. The van der Waals surface area contributed by atoms with Gasteiger partial charge in [-0.1, -0.05) is 29.8 Å². The minimum atomic E-state index is -1.36. The lowest BCUT2D eigenvalue weighted by molar-refractivity contribution is -0.137. The third kappa shape index (κ3) is 3.85. The van der Waals surface area contributed by atoms with Crippen molar-refractivity contribution >= 4 is 23.5 Å². The fourth-order valence-electron chi connectivity index (χ4n) is 2.84. The monoisotopic (exact) mass is 339 g/mol. The predicted octanol–water partition coefficient (Wildman–Crippen LogP) is 3.17. The van der Waals surface area contributed by atoms with Crippen molar-refractivity contribution in [2.45, 2.75) is 57.3 Å². The Hall–Kier alpha value is -1.59. The maximum absolute atomic E-state index is 12.7. The van der Waals surface area contributed by atoms with E-state index in [0.29, 0.717) is 29.8 Å². The summed E-state index contributed by atoms with van der Waals surface area (Å²) in [6.45, 7) is 5.23. The van der Waals surface area contributed by atoms with Crippen molar-refractivity contribution in [3.63, 3.8) is 0 Å². The summed E-state index contributed by atoms with van der Waals surface area (Å²) in [5.41, 5.74) is -1.57. The van der Waals surface area contributed by atoms with E-state index in [-0.39, 0.29) is 0 Å². The van der Waals surface area contributed by atoms with Gasteiger partial charge in [0.15, 0.2) is 5.78 Å². The molecule has 2 N–H and O–H groups in total. The van der Waals surface area contributed by atoms with Gasteiger partial charge in [-0.3, -0.25) is 4.79 Å². The van der Waals surface area contributed by atoms with Gasteiger partial charge < -0.3 is 15.2 Å². The third-order valence-electron chi connectivity index (χ3n) is 3.80. The fourth-order valence-corrected chi connectivity index (χ4v) is 3.14. The van der Waals surface area contributed by atoms with Gasteiger partial charge in [0, 0.05) is 10.6 Å². The first-order valence-corrected chi connectivity index (χ1v) is 8.02. The lowest BCUT2D eigenvalue weighted by atomic mass is 9.74. The molecule has 0 aliphatic heterocycles. The minimum absolute atomic E-state index is 0.367. The molecule has 0 heterocycles. The molecule has 1 aliphatic rings. The van der Waals surface area contributed by atoms with E-state index >= 15 is 0 Å². The maximum Gasteiger partial charge on any atom is 0.408 e. The number of halogens is 1. The molecule has 0 saturated heterocycles. The number of hydrogen-bond acceptors (Lipinski definition) is 4. The van der Waals surface area contributed by atoms with E-state index in [4.69, 9.17) is 16.3 Å². The van der Waals surface area contributed by atoms with Crippen LogP contribution < -0.4 is 5.32 Å². The Kier molecular flexibility index (Phi) is 5.01. The number of aliphatic hydroxyl groups excluding tert-OH is 1. The normalized spacial score (nSPS) is 25.1. The highest BCUT2D eigenvalue weighted by Gasteiger charge is 2.48. The van der Waals surface area contributed by atoms with Gasteiger partial charge >= 0.3 is 6.09 Å². The Balaban J connectivity index is 2.42. The van der Waals surface area contributed by atoms with Crippen molar-refractivity contribution < 1.29 is 19.4 Å². The van der Waals surface area contributed by atoms with Gasteiger partial charge in [-0.2, -0.15) is 0 Å². The molecule has 2 atom stereocenters. The molecule has 0 aromatic heterocycles. The topological polar surface area (TPSA) is 75.6 Å². The smallest absolute Gasteiger partial charge is 0.408 e. The van der Waals surface area contributed by atoms with Crippen LogP contribution >= 0.6 is 11.6 Å². The maximum atomic E-state index is 12.7. The standard InChI is InChI=1S/C17H22ClNO4/c1-16(2,3)23-15(22)19-17(10-6-9-13(20)14(17)21)11-7-4-5-8-12(11)18/h4-5,7-8,13,20H,6,9-10H2,1-3H3,(H,19,22)/t13-,17-/m0/s1. The van der Waals surface area contributed by atoms with Crippen LogP contribution in [0.3, 0.4) is 0 Å². The number of ketones is 1. The molecule has 23 heavy (non-hydrogen) atoms. The highest BCUT2D eigenvalue weighted by atomic mass is 35.5. The highest BCUT2D eigenvalue weighted by molar-refractivity contribution is 6.31. The number of rotatable bonds is 2. The number of aliphatic hydroxyl groups is 1. The Bertz CT molecular complexity index is 611. The molecule has 1 aliphatic carbocycles. The number of alkyl carbamates (subject to hydrolysis) is 1. The molecule has 1 aromatic carbocycles.